The van der Waals surface area contributed by atoms with E-state index in [1.807, 2.05) is 31.2 Å². The fourth-order valence-corrected chi connectivity index (χ4v) is 4.86. The van der Waals surface area contributed by atoms with E-state index in [1.165, 1.54) is 14.2 Å². The molecule has 0 atom stereocenters. The summed E-state index contributed by atoms with van der Waals surface area (Å²) in [6.07, 6.45) is 0.305. The Balaban J connectivity index is 1.93. The van der Waals surface area contributed by atoms with Gasteiger partial charge in [0.25, 0.3) is 5.56 Å². The summed E-state index contributed by atoms with van der Waals surface area (Å²) in [5.74, 6) is 1.97. The number of rotatable bonds is 10. The molecule has 0 amide bonds. The van der Waals surface area contributed by atoms with Gasteiger partial charge in [0.15, 0.2) is 11.5 Å². The summed E-state index contributed by atoms with van der Waals surface area (Å²) in [5, 5.41) is 10.7. The van der Waals surface area contributed by atoms with Crippen LogP contribution in [0.2, 0.25) is 0 Å². The first-order chi connectivity index (χ1) is 17.7. The van der Waals surface area contributed by atoms with Gasteiger partial charge in [0.05, 0.1) is 32.6 Å². The predicted molar refractivity (Wildman–Crippen MR) is 145 cm³/mol. The van der Waals surface area contributed by atoms with Crippen LogP contribution in [0.1, 0.15) is 23.7 Å². The summed E-state index contributed by atoms with van der Waals surface area (Å²) >= 11 is 0. The lowest BCUT2D eigenvalue weighted by Crippen LogP contribution is -2.21. The predicted octanol–water partition coefficient (Wildman–Crippen LogP) is 2.96. The molecule has 2 heterocycles. The molecule has 4 N–H and O–H groups in total. The highest BCUT2D eigenvalue weighted by molar-refractivity contribution is 7.89. The zero-order chi connectivity index (χ0) is 26.7. The number of methoxy groups -OCH3 is 3. The summed E-state index contributed by atoms with van der Waals surface area (Å²) in [4.78, 5) is 21.1. The van der Waals surface area contributed by atoms with Crippen LogP contribution in [0.15, 0.2) is 41.2 Å². The number of aromatic nitrogens is 2. The SMILES string of the molecule is CCNc1nc2ccc(OC)cc2cc1Cc1c(=O)[nH]c(CCS(N)(=O)=O)c2cc(OC)c(OC)cc12. The molecule has 4 rings (SSSR count). The van der Waals surface area contributed by atoms with E-state index >= 15 is 0 Å². The fourth-order valence-electron chi connectivity index (χ4n) is 4.37. The van der Waals surface area contributed by atoms with Gasteiger partial charge in [-0.15, -0.1) is 0 Å². The number of aromatic amines is 1. The Morgan fingerprint density at radius 1 is 1.00 bits per heavy atom. The second-order valence-electron chi connectivity index (χ2n) is 8.54. The van der Waals surface area contributed by atoms with Gasteiger partial charge in [0.2, 0.25) is 10.0 Å². The fraction of sp³-hybridized carbons (Fsp3) is 0.308. The second-order valence-corrected chi connectivity index (χ2v) is 10.3. The lowest BCUT2D eigenvalue weighted by molar-refractivity contribution is 0.356. The van der Waals surface area contributed by atoms with E-state index in [0.29, 0.717) is 51.6 Å². The molecule has 0 saturated carbocycles. The zero-order valence-corrected chi connectivity index (χ0v) is 22.0. The van der Waals surface area contributed by atoms with Crippen molar-refractivity contribution in [2.75, 3.05) is 38.9 Å². The first-order valence-electron chi connectivity index (χ1n) is 11.7. The molecule has 2 aromatic carbocycles. The molecule has 0 unspecified atom stereocenters. The maximum atomic E-state index is 13.4. The van der Waals surface area contributed by atoms with Crippen LogP contribution < -0.4 is 30.2 Å². The highest BCUT2D eigenvalue weighted by Crippen LogP contribution is 2.35. The first-order valence-corrected chi connectivity index (χ1v) is 13.4. The van der Waals surface area contributed by atoms with Gasteiger partial charge in [-0.1, -0.05) is 0 Å². The normalized spacial score (nSPS) is 11.6. The van der Waals surface area contributed by atoms with Crippen molar-refractivity contribution in [3.8, 4) is 17.2 Å². The number of ether oxygens (including phenoxy) is 3. The van der Waals surface area contributed by atoms with Gasteiger partial charge in [-0.2, -0.15) is 0 Å². The molecule has 10 nitrogen and oxygen atoms in total. The second kappa shape index (κ2) is 10.7. The molecule has 0 bridgehead atoms. The van der Waals surface area contributed by atoms with E-state index in [0.717, 1.165) is 16.5 Å². The summed E-state index contributed by atoms with van der Waals surface area (Å²) in [6.45, 7) is 2.62. The van der Waals surface area contributed by atoms with Crippen molar-refractivity contribution in [1.29, 1.82) is 0 Å². The van der Waals surface area contributed by atoms with Gasteiger partial charge in [0.1, 0.15) is 11.6 Å². The Morgan fingerprint density at radius 3 is 2.32 bits per heavy atom. The minimum absolute atomic E-state index is 0.0420. The van der Waals surface area contributed by atoms with E-state index in [9.17, 15) is 13.2 Å². The van der Waals surface area contributed by atoms with Crippen molar-refractivity contribution in [2.45, 2.75) is 19.8 Å². The lowest BCUT2D eigenvalue weighted by atomic mass is 9.97. The van der Waals surface area contributed by atoms with Crippen molar-refractivity contribution in [3.63, 3.8) is 0 Å². The van der Waals surface area contributed by atoms with Gasteiger partial charge in [-0.25, -0.2) is 18.5 Å². The van der Waals surface area contributed by atoms with E-state index in [1.54, 1.807) is 19.2 Å². The van der Waals surface area contributed by atoms with Gasteiger partial charge in [-0.3, -0.25) is 4.79 Å². The van der Waals surface area contributed by atoms with Crippen LogP contribution in [0, 0.1) is 0 Å². The van der Waals surface area contributed by atoms with Crippen LogP contribution >= 0.6 is 0 Å². The molecule has 196 valence electrons. The number of hydrogen-bond acceptors (Lipinski definition) is 8. The number of aryl methyl sites for hydroxylation is 1. The first kappa shape index (κ1) is 26.2. The van der Waals surface area contributed by atoms with Gasteiger partial charge >= 0.3 is 0 Å². The minimum Gasteiger partial charge on any atom is -0.497 e. The number of fused-ring (bicyclic) bond motifs is 2. The van der Waals surface area contributed by atoms with Crippen LogP contribution in [0.5, 0.6) is 17.2 Å². The Morgan fingerprint density at radius 2 is 1.70 bits per heavy atom. The van der Waals surface area contributed by atoms with Crippen molar-refractivity contribution >= 4 is 37.5 Å². The maximum Gasteiger partial charge on any atom is 0.252 e. The third kappa shape index (κ3) is 5.62. The molecule has 0 aliphatic heterocycles. The smallest absolute Gasteiger partial charge is 0.252 e. The molecule has 0 fully saturated rings. The number of hydrogen-bond donors (Lipinski definition) is 3. The molecule has 0 radical (unpaired) electrons. The highest BCUT2D eigenvalue weighted by Gasteiger charge is 2.19. The molecule has 37 heavy (non-hydrogen) atoms. The molecule has 11 heteroatoms. The van der Waals surface area contributed by atoms with Crippen molar-refractivity contribution < 1.29 is 22.6 Å². The van der Waals surface area contributed by atoms with Crippen LogP contribution in [-0.4, -0.2) is 52.0 Å². The maximum absolute atomic E-state index is 13.4. The number of nitrogens with one attached hydrogen (secondary N) is 2. The largest absolute Gasteiger partial charge is 0.497 e. The van der Waals surface area contributed by atoms with Crippen LogP contribution in [-0.2, 0) is 22.9 Å². The molecular formula is C26H30N4O6S. The van der Waals surface area contributed by atoms with E-state index < -0.39 is 10.0 Å². The summed E-state index contributed by atoms with van der Waals surface area (Å²) in [6, 6.07) is 11.1. The van der Waals surface area contributed by atoms with Crippen molar-refractivity contribution in [1.82, 2.24) is 9.97 Å². The van der Waals surface area contributed by atoms with E-state index in [2.05, 4.69) is 10.3 Å². The van der Waals surface area contributed by atoms with Crippen LogP contribution in [0.25, 0.3) is 21.7 Å². The topological polar surface area (TPSA) is 146 Å². The Hall–Kier alpha value is -3.83. The number of H-pyrrole nitrogens is 1. The molecular weight excluding hydrogens is 496 g/mol. The van der Waals surface area contributed by atoms with Crippen molar-refractivity contribution in [2.24, 2.45) is 5.14 Å². The van der Waals surface area contributed by atoms with Gasteiger partial charge in [0, 0.05) is 41.4 Å². The van der Waals surface area contributed by atoms with Crippen LogP contribution in [0.4, 0.5) is 5.82 Å². The number of pyridine rings is 2. The summed E-state index contributed by atoms with van der Waals surface area (Å²) in [5.41, 5.74) is 2.22. The number of nitrogens with zero attached hydrogens (tertiary/aromatic N) is 1. The molecule has 4 aromatic rings. The Labute approximate surface area is 214 Å². The van der Waals surface area contributed by atoms with E-state index in [-0.39, 0.29) is 24.2 Å². The Kier molecular flexibility index (Phi) is 7.55. The molecule has 0 aliphatic rings. The third-order valence-corrected chi connectivity index (χ3v) is 6.93. The lowest BCUT2D eigenvalue weighted by Gasteiger charge is -2.16. The monoisotopic (exact) mass is 526 g/mol. The number of primary sulfonamides is 1. The molecule has 0 saturated heterocycles. The summed E-state index contributed by atoms with van der Waals surface area (Å²) in [7, 11) is 0.898. The number of sulfonamides is 1. The number of nitrogens with two attached hydrogens (primary N) is 1. The molecule has 0 aliphatic carbocycles. The number of anilines is 1. The third-order valence-electron chi connectivity index (χ3n) is 6.16. The van der Waals surface area contributed by atoms with Crippen LogP contribution in [0.3, 0.4) is 0 Å². The average Bonchev–Trinajstić information content (AvgIpc) is 2.87. The Bertz CT molecular complexity index is 1630. The van der Waals surface area contributed by atoms with Gasteiger partial charge < -0.3 is 24.5 Å². The van der Waals surface area contributed by atoms with E-state index in [4.69, 9.17) is 24.3 Å². The zero-order valence-electron chi connectivity index (χ0n) is 21.2. The quantitative estimate of drug-likeness (QED) is 0.286. The standard InChI is InChI=1S/C26H30N4O6S/c1-5-28-25-16(10-15-11-17(34-2)6-7-21(15)29-25)12-20-18-13-23(35-3)24(36-4)14-19(18)22(30-26(20)31)8-9-37(27,32)33/h6-7,10-11,13-14H,5,8-9,12H2,1-4H3,(H,28,29)(H,30,31)(H2,27,32,33). The average molecular weight is 527 g/mol. The molecule has 2 aromatic heterocycles. The summed E-state index contributed by atoms with van der Waals surface area (Å²) < 4.78 is 39.6. The highest BCUT2D eigenvalue weighted by atomic mass is 32.2. The van der Waals surface area contributed by atoms with Gasteiger partial charge in [-0.05, 0) is 54.3 Å². The molecule has 0 spiro atoms. The minimum atomic E-state index is -3.73. The number of benzene rings is 2. The van der Waals surface area contributed by atoms with Crippen molar-refractivity contribution in [3.05, 3.63) is 63.6 Å².